The van der Waals surface area contributed by atoms with E-state index in [-0.39, 0.29) is 11.7 Å². The number of hydrogen-bond donors (Lipinski definition) is 1. The molecule has 2 rings (SSSR count). The summed E-state index contributed by atoms with van der Waals surface area (Å²) in [4.78, 5) is 13.2. The van der Waals surface area contributed by atoms with Crippen LogP contribution < -0.4 is 5.32 Å². The van der Waals surface area contributed by atoms with Gasteiger partial charge in [-0.2, -0.15) is 18.4 Å². The van der Waals surface area contributed by atoms with Crippen molar-refractivity contribution in [3.05, 3.63) is 53.6 Å². The summed E-state index contributed by atoms with van der Waals surface area (Å²) < 4.78 is 38.0. The summed E-state index contributed by atoms with van der Waals surface area (Å²) in [6.07, 6.45) is -4.40. The molecule has 0 saturated heterocycles. The third-order valence-electron chi connectivity index (χ3n) is 3.17. The van der Waals surface area contributed by atoms with Crippen molar-refractivity contribution >= 4 is 35.1 Å². The van der Waals surface area contributed by atoms with Crippen LogP contribution in [-0.2, 0) is 11.0 Å². The first kappa shape index (κ1) is 19.2. The molecule has 8 heteroatoms. The molecule has 1 N–H and O–H groups in total. The maximum atomic E-state index is 12.7. The molecule has 0 aliphatic rings. The van der Waals surface area contributed by atoms with Gasteiger partial charge in [-0.25, -0.2) is 0 Å². The molecule has 0 heterocycles. The second kappa shape index (κ2) is 8.32. The zero-order valence-corrected chi connectivity index (χ0v) is 14.7. The highest BCUT2D eigenvalue weighted by Crippen LogP contribution is 2.32. The Labute approximate surface area is 151 Å². The number of amides is 1. The normalized spacial score (nSPS) is 11.0. The molecule has 0 aliphatic carbocycles. The Kier molecular flexibility index (Phi) is 6.39. The molecule has 2 aromatic rings. The highest BCUT2D eigenvalue weighted by Gasteiger charge is 2.30. The van der Waals surface area contributed by atoms with E-state index < -0.39 is 11.7 Å². The van der Waals surface area contributed by atoms with E-state index >= 15 is 0 Å². The van der Waals surface area contributed by atoms with Crippen LogP contribution in [0.4, 0.5) is 18.9 Å². The summed E-state index contributed by atoms with van der Waals surface area (Å²) in [6.45, 7) is 1.80. The minimum atomic E-state index is -4.40. The average Bonchev–Trinajstić information content (AvgIpc) is 2.55. The summed E-state index contributed by atoms with van der Waals surface area (Å²) >= 11 is 2.06. The van der Waals surface area contributed by atoms with E-state index in [1.165, 1.54) is 12.1 Å². The lowest BCUT2D eigenvalue weighted by Crippen LogP contribution is -2.14. The van der Waals surface area contributed by atoms with E-state index in [1.54, 1.807) is 25.1 Å². The molecule has 0 aliphatic heterocycles. The number of aryl methyl sites for hydroxylation is 1. The lowest BCUT2D eigenvalue weighted by Gasteiger charge is -2.10. The molecule has 0 radical (unpaired) electrons. The SMILES string of the molecule is Cc1cc(SC#N)ccc1NC(=O)CSc1cccc(C(F)(F)F)c1. The number of hydrogen-bond acceptors (Lipinski definition) is 4. The lowest BCUT2D eigenvalue weighted by atomic mass is 10.2. The van der Waals surface area contributed by atoms with Gasteiger partial charge in [0.2, 0.25) is 5.91 Å². The third-order valence-corrected chi connectivity index (χ3v) is 4.74. The lowest BCUT2D eigenvalue weighted by molar-refractivity contribution is -0.137. The molecule has 3 nitrogen and oxygen atoms in total. The molecule has 1 amide bonds. The summed E-state index contributed by atoms with van der Waals surface area (Å²) in [6, 6.07) is 10.1. The van der Waals surface area contributed by atoms with Gasteiger partial charge in [0.25, 0.3) is 0 Å². The standard InChI is InChI=1S/C17H13F3N2OS2/c1-11-7-14(25-10-21)5-6-15(11)22-16(23)9-24-13-4-2-3-12(8-13)17(18,19)20/h2-8H,9H2,1H3,(H,22,23). The predicted molar refractivity (Wildman–Crippen MR) is 93.4 cm³/mol. The van der Waals surface area contributed by atoms with Gasteiger partial charge in [-0.1, -0.05) is 6.07 Å². The van der Waals surface area contributed by atoms with Gasteiger partial charge in [-0.05, 0) is 60.6 Å². The first-order valence-electron chi connectivity index (χ1n) is 7.06. The molecule has 25 heavy (non-hydrogen) atoms. The molecule has 0 saturated carbocycles. The molecular formula is C17H13F3N2OS2. The molecular weight excluding hydrogens is 369 g/mol. The fraction of sp³-hybridized carbons (Fsp3) is 0.176. The second-order valence-corrected chi connectivity index (χ2v) is 6.94. The van der Waals surface area contributed by atoms with Gasteiger partial charge in [0.15, 0.2) is 0 Å². The molecule has 0 atom stereocenters. The van der Waals surface area contributed by atoms with Crippen LogP contribution in [0.2, 0.25) is 0 Å². The van der Waals surface area contributed by atoms with Crippen molar-refractivity contribution in [1.82, 2.24) is 0 Å². The monoisotopic (exact) mass is 382 g/mol. The third kappa shape index (κ3) is 5.73. The van der Waals surface area contributed by atoms with Crippen LogP contribution in [0.1, 0.15) is 11.1 Å². The Bertz CT molecular complexity index is 816. The number of benzene rings is 2. The van der Waals surface area contributed by atoms with Crippen LogP contribution in [0.5, 0.6) is 0 Å². The van der Waals surface area contributed by atoms with Crippen molar-refractivity contribution in [2.75, 3.05) is 11.1 Å². The van der Waals surface area contributed by atoms with Crippen LogP contribution in [0.3, 0.4) is 0 Å². The van der Waals surface area contributed by atoms with Crippen LogP contribution in [0.15, 0.2) is 52.3 Å². The van der Waals surface area contributed by atoms with Crippen molar-refractivity contribution in [2.24, 2.45) is 0 Å². The summed E-state index contributed by atoms with van der Waals surface area (Å²) in [5, 5.41) is 13.3. The number of thioether (sulfide) groups is 2. The van der Waals surface area contributed by atoms with E-state index in [2.05, 4.69) is 5.32 Å². The van der Waals surface area contributed by atoms with Crippen LogP contribution >= 0.6 is 23.5 Å². The number of nitriles is 1. The van der Waals surface area contributed by atoms with Crippen molar-refractivity contribution in [1.29, 1.82) is 5.26 Å². The fourth-order valence-corrected chi connectivity index (χ4v) is 3.22. The van der Waals surface area contributed by atoms with Crippen LogP contribution in [0, 0.1) is 17.6 Å². The maximum Gasteiger partial charge on any atom is 0.416 e. The van der Waals surface area contributed by atoms with Gasteiger partial charge in [0, 0.05) is 15.5 Å². The quantitative estimate of drug-likeness (QED) is 0.562. The van der Waals surface area contributed by atoms with E-state index in [1.807, 2.05) is 5.40 Å². The molecule has 0 spiro atoms. The summed E-state index contributed by atoms with van der Waals surface area (Å²) in [7, 11) is 0. The molecule has 0 aromatic heterocycles. The van der Waals surface area contributed by atoms with Crippen molar-refractivity contribution < 1.29 is 18.0 Å². The smallest absolute Gasteiger partial charge is 0.325 e. The van der Waals surface area contributed by atoms with E-state index in [0.29, 0.717) is 10.6 Å². The van der Waals surface area contributed by atoms with Gasteiger partial charge in [-0.3, -0.25) is 4.79 Å². The Hall–Kier alpha value is -2.11. The minimum Gasteiger partial charge on any atom is -0.325 e. The second-order valence-electron chi connectivity index (χ2n) is 5.03. The zero-order valence-electron chi connectivity index (χ0n) is 13.1. The van der Waals surface area contributed by atoms with E-state index in [9.17, 15) is 18.0 Å². The van der Waals surface area contributed by atoms with E-state index in [0.717, 1.165) is 46.1 Å². The van der Waals surface area contributed by atoms with E-state index in [4.69, 9.17) is 5.26 Å². The molecule has 0 unspecified atom stereocenters. The van der Waals surface area contributed by atoms with Crippen molar-refractivity contribution in [3.63, 3.8) is 0 Å². The number of halogens is 3. The van der Waals surface area contributed by atoms with Crippen LogP contribution in [-0.4, -0.2) is 11.7 Å². The van der Waals surface area contributed by atoms with Gasteiger partial charge in [0.1, 0.15) is 5.40 Å². The molecule has 2 aromatic carbocycles. The van der Waals surface area contributed by atoms with Crippen molar-refractivity contribution in [2.45, 2.75) is 22.9 Å². The molecule has 0 fully saturated rings. The number of nitrogens with one attached hydrogen (secondary N) is 1. The molecule has 130 valence electrons. The number of nitrogens with zero attached hydrogens (tertiary/aromatic N) is 1. The Morgan fingerprint density at radius 1 is 1.20 bits per heavy atom. The number of alkyl halides is 3. The molecule has 0 bridgehead atoms. The van der Waals surface area contributed by atoms with Gasteiger partial charge in [-0.15, -0.1) is 11.8 Å². The maximum absolute atomic E-state index is 12.7. The largest absolute Gasteiger partial charge is 0.416 e. The summed E-state index contributed by atoms with van der Waals surface area (Å²) in [5.41, 5.74) is 0.675. The van der Waals surface area contributed by atoms with Gasteiger partial charge >= 0.3 is 6.18 Å². The topological polar surface area (TPSA) is 52.9 Å². The van der Waals surface area contributed by atoms with Crippen molar-refractivity contribution in [3.8, 4) is 5.40 Å². The Balaban J connectivity index is 1.96. The highest BCUT2D eigenvalue weighted by atomic mass is 32.2. The average molecular weight is 382 g/mol. The summed E-state index contributed by atoms with van der Waals surface area (Å²) in [5.74, 6) is -0.318. The first-order valence-corrected chi connectivity index (χ1v) is 8.86. The Morgan fingerprint density at radius 3 is 2.60 bits per heavy atom. The first-order chi connectivity index (χ1) is 11.8. The minimum absolute atomic E-state index is 0.00452. The number of thiocyanates is 1. The zero-order chi connectivity index (χ0) is 18.4. The predicted octanol–water partition coefficient (Wildman–Crippen LogP) is 5.32. The fourth-order valence-electron chi connectivity index (χ4n) is 1.99. The number of carbonyl (C=O) groups is 1. The highest BCUT2D eigenvalue weighted by molar-refractivity contribution is 8.03. The number of anilines is 1. The van der Waals surface area contributed by atoms with Crippen LogP contribution in [0.25, 0.3) is 0 Å². The number of carbonyl (C=O) groups excluding carboxylic acids is 1. The Morgan fingerprint density at radius 2 is 1.96 bits per heavy atom. The van der Waals surface area contributed by atoms with Gasteiger partial charge < -0.3 is 5.32 Å². The van der Waals surface area contributed by atoms with Gasteiger partial charge in [0.05, 0.1) is 11.3 Å². The number of rotatable bonds is 5.